The van der Waals surface area contributed by atoms with Crippen molar-refractivity contribution in [2.24, 2.45) is 0 Å². The summed E-state index contributed by atoms with van der Waals surface area (Å²) in [6, 6.07) is 9.96. The van der Waals surface area contributed by atoms with Gasteiger partial charge in [0.2, 0.25) is 5.82 Å². The van der Waals surface area contributed by atoms with E-state index in [4.69, 9.17) is 17.0 Å². The molecule has 8 nitrogen and oxygen atoms in total. The van der Waals surface area contributed by atoms with Crippen LogP contribution >= 0.6 is 12.2 Å². The van der Waals surface area contributed by atoms with Crippen LogP contribution in [0.1, 0.15) is 0 Å². The van der Waals surface area contributed by atoms with Crippen LogP contribution in [0.5, 0.6) is 5.75 Å². The Hall–Kier alpha value is -2.94. The van der Waals surface area contributed by atoms with Gasteiger partial charge in [-0.1, -0.05) is 0 Å². The molecule has 0 saturated heterocycles. The minimum Gasteiger partial charge on any atom is -0.497 e. The van der Waals surface area contributed by atoms with Crippen molar-refractivity contribution in [3.8, 4) is 5.75 Å². The lowest BCUT2D eigenvalue weighted by Crippen LogP contribution is -2.33. The Balaban J connectivity index is 1.94. The number of nitrogens with zero attached hydrogens (tertiary/aromatic N) is 2. The topological polar surface area (TPSA) is 101 Å². The molecular weight excluding hydrogens is 306 g/mol. The summed E-state index contributed by atoms with van der Waals surface area (Å²) < 4.78 is 5.05. The standard InChI is InChI=1S/C13H13N5O3S/c1-21-10-6-4-9(5-7-10)15-13(22)17-16-12-11(18(19)20)3-2-8-14-12/h2-8H,1H3,(H,14,16)(H2,15,17,22). The molecule has 0 atom stereocenters. The summed E-state index contributed by atoms with van der Waals surface area (Å²) in [6.45, 7) is 0. The van der Waals surface area contributed by atoms with Crippen LogP contribution < -0.4 is 20.9 Å². The van der Waals surface area contributed by atoms with E-state index in [0.717, 1.165) is 11.4 Å². The van der Waals surface area contributed by atoms with Gasteiger partial charge in [0.15, 0.2) is 5.11 Å². The number of hydrogen-bond donors (Lipinski definition) is 3. The van der Waals surface area contributed by atoms with E-state index >= 15 is 0 Å². The van der Waals surface area contributed by atoms with Gasteiger partial charge >= 0.3 is 5.69 Å². The Morgan fingerprint density at radius 3 is 2.68 bits per heavy atom. The lowest BCUT2D eigenvalue weighted by atomic mass is 10.3. The fourth-order valence-electron chi connectivity index (χ4n) is 1.59. The van der Waals surface area contributed by atoms with Gasteiger partial charge in [-0.25, -0.2) is 4.98 Å². The number of hydrogen-bond acceptors (Lipinski definition) is 6. The predicted molar refractivity (Wildman–Crippen MR) is 86.9 cm³/mol. The van der Waals surface area contributed by atoms with Gasteiger partial charge in [0, 0.05) is 18.0 Å². The Morgan fingerprint density at radius 2 is 2.05 bits per heavy atom. The molecule has 1 aromatic carbocycles. The first-order chi connectivity index (χ1) is 10.6. The molecule has 0 fully saturated rings. The maximum absolute atomic E-state index is 10.9. The van der Waals surface area contributed by atoms with E-state index in [9.17, 15) is 10.1 Å². The van der Waals surface area contributed by atoms with Gasteiger partial charge in [-0.2, -0.15) is 0 Å². The minimum atomic E-state index is -0.531. The molecule has 0 saturated carbocycles. The maximum Gasteiger partial charge on any atom is 0.313 e. The van der Waals surface area contributed by atoms with E-state index in [1.165, 1.54) is 18.3 Å². The Kier molecular flexibility index (Phi) is 5.04. The first-order valence-corrected chi connectivity index (χ1v) is 6.57. The number of pyridine rings is 1. The van der Waals surface area contributed by atoms with E-state index < -0.39 is 4.92 Å². The smallest absolute Gasteiger partial charge is 0.313 e. The number of nitro groups is 1. The first-order valence-electron chi connectivity index (χ1n) is 6.16. The third-order valence-corrected chi connectivity index (χ3v) is 2.83. The third-order valence-electron chi connectivity index (χ3n) is 2.63. The number of hydrazine groups is 1. The van der Waals surface area contributed by atoms with Gasteiger partial charge < -0.3 is 10.1 Å². The number of rotatable bonds is 5. The second-order valence-corrected chi connectivity index (χ2v) is 4.47. The normalized spacial score (nSPS) is 9.68. The summed E-state index contributed by atoms with van der Waals surface area (Å²) in [5, 5.41) is 14.0. The van der Waals surface area contributed by atoms with Crippen molar-refractivity contribution in [3.05, 3.63) is 52.7 Å². The fraction of sp³-hybridized carbons (Fsp3) is 0.0769. The second kappa shape index (κ2) is 7.18. The van der Waals surface area contributed by atoms with E-state index in [2.05, 4.69) is 21.2 Å². The summed E-state index contributed by atoms with van der Waals surface area (Å²) >= 11 is 5.09. The molecule has 0 aliphatic carbocycles. The predicted octanol–water partition coefficient (Wildman–Crippen LogP) is 2.31. The molecule has 0 amide bonds. The Morgan fingerprint density at radius 1 is 1.32 bits per heavy atom. The van der Waals surface area contributed by atoms with Gasteiger partial charge in [0.05, 0.1) is 12.0 Å². The van der Waals surface area contributed by atoms with Crippen molar-refractivity contribution in [1.82, 2.24) is 10.4 Å². The average molecular weight is 319 g/mol. The highest BCUT2D eigenvalue weighted by Crippen LogP contribution is 2.19. The highest BCUT2D eigenvalue weighted by molar-refractivity contribution is 7.80. The molecule has 114 valence electrons. The zero-order chi connectivity index (χ0) is 15.9. The summed E-state index contributed by atoms with van der Waals surface area (Å²) in [5.74, 6) is 0.804. The van der Waals surface area contributed by atoms with Gasteiger partial charge in [0.1, 0.15) is 5.75 Å². The van der Waals surface area contributed by atoms with Crippen molar-refractivity contribution in [2.45, 2.75) is 0 Å². The van der Waals surface area contributed by atoms with E-state index in [1.807, 2.05) is 0 Å². The molecule has 0 bridgehead atoms. The van der Waals surface area contributed by atoms with Gasteiger partial charge in [-0.15, -0.1) is 0 Å². The molecule has 1 heterocycles. The van der Waals surface area contributed by atoms with Crippen LogP contribution in [-0.4, -0.2) is 22.1 Å². The van der Waals surface area contributed by atoms with E-state index in [1.54, 1.807) is 31.4 Å². The quantitative estimate of drug-likeness (QED) is 0.438. The van der Waals surface area contributed by atoms with E-state index in [-0.39, 0.29) is 16.6 Å². The molecule has 2 rings (SSSR count). The number of thiocarbonyl (C=S) groups is 1. The number of anilines is 2. The van der Waals surface area contributed by atoms with Gasteiger partial charge in [0.25, 0.3) is 0 Å². The zero-order valence-corrected chi connectivity index (χ0v) is 12.4. The van der Waals surface area contributed by atoms with Crippen LogP contribution in [0.3, 0.4) is 0 Å². The summed E-state index contributed by atoms with van der Waals surface area (Å²) in [5.41, 5.74) is 5.84. The molecule has 0 unspecified atom stereocenters. The first kappa shape index (κ1) is 15.4. The molecule has 0 spiro atoms. The largest absolute Gasteiger partial charge is 0.497 e. The summed E-state index contributed by atoms with van der Waals surface area (Å²) in [4.78, 5) is 14.2. The van der Waals surface area contributed by atoms with Crippen molar-refractivity contribution in [2.75, 3.05) is 17.9 Å². The number of methoxy groups -OCH3 is 1. The Bertz CT molecular complexity index is 678. The monoisotopic (exact) mass is 319 g/mol. The molecule has 0 aliphatic heterocycles. The lowest BCUT2D eigenvalue weighted by Gasteiger charge is -2.12. The second-order valence-electron chi connectivity index (χ2n) is 4.06. The molecule has 2 aromatic rings. The van der Waals surface area contributed by atoms with Crippen LogP contribution in [0.15, 0.2) is 42.6 Å². The van der Waals surface area contributed by atoms with Crippen molar-refractivity contribution >= 4 is 34.5 Å². The zero-order valence-electron chi connectivity index (χ0n) is 11.6. The molecule has 0 radical (unpaired) electrons. The maximum atomic E-state index is 10.9. The van der Waals surface area contributed by atoms with Crippen molar-refractivity contribution in [3.63, 3.8) is 0 Å². The fourth-order valence-corrected chi connectivity index (χ4v) is 1.76. The molecule has 9 heteroatoms. The van der Waals surface area contributed by atoms with Gasteiger partial charge in [-0.3, -0.25) is 21.0 Å². The van der Waals surface area contributed by atoms with Crippen LogP contribution in [0.25, 0.3) is 0 Å². The summed E-state index contributed by atoms with van der Waals surface area (Å²) in [6.07, 6.45) is 1.44. The number of ether oxygens (including phenoxy) is 1. The van der Waals surface area contributed by atoms with E-state index in [0.29, 0.717) is 0 Å². The van der Waals surface area contributed by atoms with Crippen LogP contribution in [-0.2, 0) is 0 Å². The highest BCUT2D eigenvalue weighted by atomic mass is 32.1. The number of aromatic nitrogens is 1. The minimum absolute atomic E-state index is 0.0754. The Labute approximate surface area is 131 Å². The van der Waals surface area contributed by atoms with Crippen LogP contribution in [0.2, 0.25) is 0 Å². The van der Waals surface area contributed by atoms with Crippen molar-refractivity contribution in [1.29, 1.82) is 0 Å². The van der Waals surface area contributed by atoms with Crippen LogP contribution in [0.4, 0.5) is 17.2 Å². The van der Waals surface area contributed by atoms with Crippen LogP contribution in [0, 0.1) is 10.1 Å². The third kappa shape index (κ3) is 4.03. The number of nitrogens with one attached hydrogen (secondary N) is 3. The summed E-state index contributed by atoms with van der Waals surface area (Å²) in [7, 11) is 1.58. The lowest BCUT2D eigenvalue weighted by molar-refractivity contribution is -0.384. The molecular formula is C13H13N5O3S. The number of benzene rings is 1. The molecule has 1 aromatic heterocycles. The SMILES string of the molecule is COc1ccc(NC(=S)NNc2ncccc2[N+](=O)[O-])cc1. The highest BCUT2D eigenvalue weighted by Gasteiger charge is 2.13. The van der Waals surface area contributed by atoms with Crippen molar-refractivity contribution < 1.29 is 9.66 Å². The molecule has 3 N–H and O–H groups in total. The van der Waals surface area contributed by atoms with Gasteiger partial charge in [-0.05, 0) is 42.5 Å². The molecule has 22 heavy (non-hydrogen) atoms. The average Bonchev–Trinajstić information content (AvgIpc) is 2.54. The molecule has 0 aliphatic rings.